The number of ether oxygens (including phenoxy) is 1. The van der Waals surface area contributed by atoms with Gasteiger partial charge < -0.3 is 36.6 Å². The SMILES string of the molecule is COC(=O)C(C)(C)NC(=O)[C@H](C)NC(=O)C1(NC(=O)C(C)(C)NC(=O)[C@H](C)NC(=O)C2(NC(=O)C3=CC=CC3)CSSC2)CSSC1. The van der Waals surface area contributed by atoms with Crippen LogP contribution >= 0.6 is 43.2 Å². The minimum atomic E-state index is -1.51. The molecule has 3 aliphatic rings. The van der Waals surface area contributed by atoms with Gasteiger partial charge in [0.1, 0.15) is 34.2 Å². The highest BCUT2D eigenvalue weighted by Gasteiger charge is 2.48. The molecule has 2 saturated heterocycles. The lowest BCUT2D eigenvalue weighted by atomic mass is 9.97. The summed E-state index contributed by atoms with van der Waals surface area (Å²) in [6.45, 7) is 8.80. The third-order valence-electron chi connectivity index (χ3n) is 7.64. The summed E-state index contributed by atoms with van der Waals surface area (Å²) in [5.74, 6) is -3.00. The molecular weight excluding hydrogens is 689 g/mol. The van der Waals surface area contributed by atoms with Crippen LogP contribution in [0.5, 0.6) is 0 Å². The van der Waals surface area contributed by atoms with Crippen molar-refractivity contribution in [1.82, 2.24) is 31.9 Å². The fourth-order valence-electron chi connectivity index (χ4n) is 4.46. The van der Waals surface area contributed by atoms with Crippen molar-refractivity contribution >= 4 is 84.6 Å². The highest BCUT2D eigenvalue weighted by Crippen LogP contribution is 2.39. The standard InChI is InChI=1S/C29H42N6O8S4/c1-16(30-23(40)28(12-44-45-13-28)34-21(38)18-10-8-9-11-18)19(36)32-26(3,4)22(39)35-29(14-46-47-15-29)24(41)31-17(2)20(37)33-27(5,6)25(42)43-7/h8-10,16-17H,11-15H2,1-7H3,(H,30,40)(H,31,41)(H,32,36)(H,33,37)(H,34,38)(H,35,39)/t16-,17-/m0/s1. The molecule has 0 radical (unpaired) electrons. The quantitative estimate of drug-likeness (QED) is 0.112. The van der Waals surface area contributed by atoms with Crippen LogP contribution in [-0.2, 0) is 38.3 Å². The second-order valence-electron chi connectivity index (χ2n) is 12.6. The largest absolute Gasteiger partial charge is 0.467 e. The first-order chi connectivity index (χ1) is 21.9. The zero-order chi connectivity index (χ0) is 35.2. The number of nitrogens with one attached hydrogen (secondary N) is 6. The van der Waals surface area contributed by atoms with Gasteiger partial charge in [0.25, 0.3) is 0 Å². The van der Waals surface area contributed by atoms with Gasteiger partial charge in [-0.1, -0.05) is 61.4 Å². The van der Waals surface area contributed by atoms with E-state index in [4.69, 9.17) is 4.74 Å². The van der Waals surface area contributed by atoms with E-state index in [0.717, 1.165) is 0 Å². The van der Waals surface area contributed by atoms with Gasteiger partial charge in [-0.2, -0.15) is 0 Å². The van der Waals surface area contributed by atoms with Crippen LogP contribution in [0.2, 0.25) is 0 Å². The van der Waals surface area contributed by atoms with Gasteiger partial charge in [-0.3, -0.25) is 28.8 Å². The van der Waals surface area contributed by atoms with Crippen molar-refractivity contribution in [2.24, 2.45) is 0 Å². The number of carbonyl (C=O) groups is 7. The smallest absolute Gasteiger partial charge is 0.330 e. The van der Waals surface area contributed by atoms with E-state index in [9.17, 15) is 33.6 Å². The van der Waals surface area contributed by atoms with Crippen molar-refractivity contribution < 1.29 is 38.3 Å². The molecule has 3 rings (SSSR count). The van der Waals surface area contributed by atoms with Crippen molar-refractivity contribution in [3.05, 3.63) is 23.8 Å². The van der Waals surface area contributed by atoms with Gasteiger partial charge >= 0.3 is 5.97 Å². The Hall–Kier alpha value is -2.83. The van der Waals surface area contributed by atoms with Crippen molar-refractivity contribution in [2.75, 3.05) is 30.1 Å². The lowest BCUT2D eigenvalue weighted by Gasteiger charge is -2.34. The van der Waals surface area contributed by atoms with E-state index in [-0.39, 0.29) is 17.4 Å². The van der Waals surface area contributed by atoms with Gasteiger partial charge in [-0.15, -0.1) is 0 Å². The van der Waals surface area contributed by atoms with Gasteiger partial charge in [0, 0.05) is 28.6 Å². The molecule has 2 heterocycles. The predicted molar refractivity (Wildman–Crippen MR) is 185 cm³/mol. The molecular formula is C29H42N6O8S4. The molecule has 18 heteroatoms. The van der Waals surface area contributed by atoms with Crippen LogP contribution in [-0.4, -0.2) is 106 Å². The van der Waals surface area contributed by atoms with Crippen LogP contribution in [0.25, 0.3) is 0 Å². The topological polar surface area (TPSA) is 201 Å². The zero-order valence-corrected chi connectivity index (χ0v) is 30.6. The molecule has 0 aromatic carbocycles. The van der Waals surface area contributed by atoms with E-state index in [1.807, 2.05) is 6.08 Å². The van der Waals surface area contributed by atoms with E-state index in [0.29, 0.717) is 23.5 Å². The second-order valence-corrected chi connectivity index (χ2v) is 17.5. The third kappa shape index (κ3) is 9.41. The highest BCUT2D eigenvalue weighted by molar-refractivity contribution is 8.77. The normalized spacial score (nSPS) is 19.4. The van der Waals surface area contributed by atoms with E-state index >= 15 is 0 Å². The van der Waals surface area contributed by atoms with Crippen LogP contribution in [0, 0.1) is 0 Å². The Morgan fingerprint density at radius 2 is 1.19 bits per heavy atom. The van der Waals surface area contributed by atoms with Crippen molar-refractivity contribution in [2.45, 2.75) is 82.2 Å². The number of hydrogen-bond donors (Lipinski definition) is 6. The lowest BCUT2D eigenvalue weighted by molar-refractivity contribution is -0.149. The van der Waals surface area contributed by atoms with Gasteiger partial charge in [0.05, 0.1) is 7.11 Å². The fraction of sp³-hybridized carbons (Fsp3) is 0.621. The second kappa shape index (κ2) is 15.6. The first-order valence-corrected chi connectivity index (χ1v) is 19.7. The molecule has 260 valence electrons. The van der Waals surface area contributed by atoms with Crippen LogP contribution < -0.4 is 31.9 Å². The lowest BCUT2D eigenvalue weighted by Crippen LogP contribution is -2.69. The Bertz CT molecular complexity index is 1360. The molecule has 0 spiro atoms. The Balaban J connectivity index is 1.61. The molecule has 0 saturated carbocycles. The average Bonchev–Trinajstić information content (AvgIpc) is 3.79. The summed E-state index contributed by atoms with van der Waals surface area (Å²) in [6.07, 6.45) is 5.79. The number of allylic oxidation sites excluding steroid dienone is 3. The molecule has 6 amide bonds. The summed E-state index contributed by atoms with van der Waals surface area (Å²) in [5, 5.41) is 16.1. The highest BCUT2D eigenvalue weighted by atomic mass is 33.1. The third-order valence-corrected chi connectivity index (χ3v) is 12.8. The zero-order valence-electron chi connectivity index (χ0n) is 27.3. The molecule has 6 N–H and O–H groups in total. The average molecular weight is 731 g/mol. The Kier molecular flexibility index (Phi) is 12.8. The van der Waals surface area contributed by atoms with E-state index in [1.165, 1.54) is 91.8 Å². The van der Waals surface area contributed by atoms with E-state index in [1.54, 1.807) is 12.2 Å². The van der Waals surface area contributed by atoms with Crippen molar-refractivity contribution in [1.29, 1.82) is 0 Å². The Labute approximate surface area is 289 Å². The van der Waals surface area contributed by atoms with Crippen LogP contribution in [0.3, 0.4) is 0 Å². The maximum Gasteiger partial charge on any atom is 0.330 e. The number of esters is 1. The van der Waals surface area contributed by atoms with Crippen LogP contribution in [0.15, 0.2) is 23.8 Å². The summed E-state index contributed by atoms with van der Waals surface area (Å²) in [5.41, 5.74) is -4.90. The van der Waals surface area contributed by atoms with Gasteiger partial charge in [0.15, 0.2) is 0 Å². The Morgan fingerprint density at radius 3 is 1.62 bits per heavy atom. The molecule has 0 aromatic rings. The van der Waals surface area contributed by atoms with Gasteiger partial charge in [0.2, 0.25) is 35.4 Å². The minimum absolute atomic E-state index is 0.199. The van der Waals surface area contributed by atoms with Gasteiger partial charge in [-0.25, -0.2) is 4.79 Å². The molecule has 2 fully saturated rings. The van der Waals surface area contributed by atoms with Gasteiger partial charge in [-0.05, 0) is 48.0 Å². The van der Waals surface area contributed by atoms with Crippen LogP contribution in [0.1, 0.15) is 48.0 Å². The number of methoxy groups -OCH3 is 1. The molecule has 2 aliphatic heterocycles. The number of hydrogen-bond acceptors (Lipinski definition) is 12. The predicted octanol–water partition coefficient (Wildman–Crippen LogP) is 0.345. The summed E-state index contributed by atoms with van der Waals surface area (Å²) >= 11 is 0. The van der Waals surface area contributed by atoms with Crippen molar-refractivity contribution in [3.63, 3.8) is 0 Å². The summed E-state index contributed by atoms with van der Waals surface area (Å²) in [7, 11) is 6.82. The molecule has 2 atom stereocenters. The molecule has 0 bridgehead atoms. The van der Waals surface area contributed by atoms with Crippen LogP contribution in [0.4, 0.5) is 0 Å². The van der Waals surface area contributed by atoms with Crippen molar-refractivity contribution in [3.8, 4) is 0 Å². The maximum absolute atomic E-state index is 13.5. The minimum Gasteiger partial charge on any atom is -0.467 e. The first-order valence-electron chi connectivity index (χ1n) is 14.7. The maximum atomic E-state index is 13.5. The molecule has 14 nitrogen and oxygen atoms in total. The summed E-state index contributed by atoms with van der Waals surface area (Å²) in [4.78, 5) is 91.1. The fourth-order valence-corrected chi connectivity index (χ4v) is 10.5. The molecule has 0 aromatic heterocycles. The monoisotopic (exact) mass is 730 g/mol. The summed E-state index contributed by atoms with van der Waals surface area (Å²) < 4.78 is 4.70. The summed E-state index contributed by atoms with van der Waals surface area (Å²) in [6, 6.07) is -2.11. The Morgan fingerprint density at radius 1 is 0.745 bits per heavy atom. The molecule has 1 aliphatic carbocycles. The first kappa shape index (κ1) is 38.6. The molecule has 0 unspecified atom stereocenters. The molecule has 47 heavy (non-hydrogen) atoms. The number of carbonyl (C=O) groups excluding carboxylic acids is 7. The number of amides is 6. The number of rotatable bonds is 13. The van der Waals surface area contributed by atoms with E-state index in [2.05, 4.69) is 31.9 Å². The van der Waals surface area contributed by atoms with E-state index < -0.39 is 69.7 Å².